The van der Waals surface area contributed by atoms with Crippen molar-refractivity contribution >= 4 is 11.8 Å². The maximum absolute atomic E-state index is 12.3. The van der Waals surface area contributed by atoms with Gasteiger partial charge in [0.2, 0.25) is 0 Å². The molecule has 114 valence electrons. The van der Waals surface area contributed by atoms with Gasteiger partial charge in [-0.1, -0.05) is 13.8 Å². The Bertz CT molecular complexity index is 511. The minimum Gasteiger partial charge on any atom is -0.378 e. The van der Waals surface area contributed by atoms with Crippen LogP contribution in [0.4, 0.5) is 0 Å². The van der Waals surface area contributed by atoms with Crippen LogP contribution in [0.25, 0.3) is 0 Å². The lowest BCUT2D eigenvalue weighted by molar-refractivity contribution is 0.0302. The average Bonchev–Trinajstić information content (AvgIpc) is 2.52. The average molecular weight is 291 g/mol. The number of carbonyl (C=O) groups is 2. The number of rotatable bonds is 4. The summed E-state index contributed by atoms with van der Waals surface area (Å²) in [5, 5.41) is 2.82. The predicted molar refractivity (Wildman–Crippen MR) is 78.1 cm³/mol. The van der Waals surface area contributed by atoms with Crippen LogP contribution in [0.15, 0.2) is 18.5 Å². The van der Waals surface area contributed by atoms with Gasteiger partial charge in [-0.25, -0.2) is 0 Å². The summed E-state index contributed by atoms with van der Waals surface area (Å²) >= 11 is 0. The van der Waals surface area contributed by atoms with Crippen LogP contribution < -0.4 is 5.32 Å². The quantitative estimate of drug-likeness (QED) is 0.896. The maximum Gasteiger partial charge on any atom is 0.255 e. The normalized spacial score (nSPS) is 15.1. The molecule has 2 heterocycles. The number of nitrogens with zero attached hydrogens (tertiary/aromatic N) is 2. The molecule has 6 heteroatoms. The summed E-state index contributed by atoms with van der Waals surface area (Å²) in [4.78, 5) is 30.1. The van der Waals surface area contributed by atoms with Crippen molar-refractivity contribution in [3.05, 3.63) is 29.6 Å². The van der Waals surface area contributed by atoms with Gasteiger partial charge in [0.15, 0.2) is 0 Å². The first-order valence-corrected chi connectivity index (χ1v) is 7.18. The molecule has 1 fully saturated rings. The van der Waals surface area contributed by atoms with E-state index in [0.29, 0.717) is 49.9 Å². The van der Waals surface area contributed by atoms with Crippen molar-refractivity contribution < 1.29 is 14.3 Å². The first-order chi connectivity index (χ1) is 10.1. The Morgan fingerprint density at radius 2 is 1.95 bits per heavy atom. The second-order valence-corrected chi connectivity index (χ2v) is 5.47. The van der Waals surface area contributed by atoms with Crippen molar-refractivity contribution in [1.29, 1.82) is 0 Å². The molecule has 1 aliphatic heterocycles. The van der Waals surface area contributed by atoms with Crippen LogP contribution in [0, 0.1) is 5.92 Å². The Morgan fingerprint density at radius 1 is 1.29 bits per heavy atom. The lowest BCUT2D eigenvalue weighted by Gasteiger charge is -2.26. The Balaban J connectivity index is 2.06. The SMILES string of the molecule is CC(C)CNC(=O)c1cncc(C(=O)N2CCOCC2)c1. The topological polar surface area (TPSA) is 71.5 Å². The molecule has 1 N–H and O–H groups in total. The zero-order chi connectivity index (χ0) is 15.2. The molecule has 1 saturated heterocycles. The summed E-state index contributed by atoms with van der Waals surface area (Å²) in [7, 11) is 0. The van der Waals surface area contributed by atoms with Gasteiger partial charge >= 0.3 is 0 Å². The molecule has 0 aliphatic carbocycles. The van der Waals surface area contributed by atoms with Crippen LogP contribution in [0.2, 0.25) is 0 Å². The highest BCUT2D eigenvalue weighted by Crippen LogP contribution is 2.09. The van der Waals surface area contributed by atoms with Crippen LogP contribution in [0.1, 0.15) is 34.6 Å². The number of ether oxygens (including phenoxy) is 1. The van der Waals surface area contributed by atoms with E-state index in [1.54, 1.807) is 11.0 Å². The zero-order valence-corrected chi connectivity index (χ0v) is 12.5. The van der Waals surface area contributed by atoms with Crippen LogP contribution in [0.3, 0.4) is 0 Å². The number of amides is 2. The van der Waals surface area contributed by atoms with Crippen molar-refractivity contribution in [1.82, 2.24) is 15.2 Å². The number of aromatic nitrogens is 1. The summed E-state index contributed by atoms with van der Waals surface area (Å²) in [6, 6.07) is 1.60. The van der Waals surface area contributed by atoms with E-state index in [-0.39, 0.29) is 11.8 Å². The summed E-state index contributed by atoms with van der Waals surface area (Å²) in [6.45, 7) is 6.89. The van der Waals surface area contributed by atoms with Crippen molar-refractivity contribution in [2.45, 2.75) is 13.8 Å². The zero-order valence-electron chi connectivity index (χ0n) is 12.5. The molecule has 1 aliphatic rings. The molecule has 0 radical (unpaired) electrons. The van der Waals surface area contributed by atoms with Crippen LogP contribution in [-0.4, -0.2) is 54.5 Å². The van der Waals surface area contributed by atoms with E-state index >= 15 is 0 Å². The Kier molecular flexibility index (Phi) is 5.27. The number of nitrogens with one attached hydrogen (secondary N) is 1. The van der Waals surface area contributed by atoms with Gasteiger partial charge in [-0.2, -0.15) is 0 Å². The van der Waals surface area contributed by atoms with Crippen molar-refractivity contribution in [3.8, 4) is 0 Å². The second-order valence-electron chi connectivity index (χ2n) is 5.47. The third-order valence-corrected chi connectivity index (χ3v) is 3.22. The molecule has 1 aromatic heterocycles. The number of pyridine rings is 1. The highest BCUT2D eigenvalue weighted by molar-refractivity contribution is 5.99. The van der Waals surface area contributed by atoms with Gasteiger partial charge in [-0.15, -0.1) is 0 Å². The van der Waals surface area contributed by atoms with Gasteiger partial charge in [0.05, 0.1) is 24.3 Å². The minimum absolute atomic E-state index is 0.107. The first-order valence-electron chi connectivity index (χ1n) is 7.18. The fourth-order valence-corrected chi connectivity index (χ4v) is 2.03. The summed E-state index contributed by atoms with van der Waals surface area (Å²) in [5.74, 6) is 0.0669. The van der Waals surface area contributed by atoms with E-state index in [1.165, 1.54) is 12.4 Å². The first kappa shape index (κ1) is 15.4. The molecule has 2 rings (SSSR count). The summed E-state index contributed by atoms with van der Waals surface area (Å²) in [6.07, 6.45) is 2.97. The number of carbonyl (C=O) groups excluding carboxylic acids is 2. The lowest BCUT2D eigenvalue weighted by Crippen LogP contribution is -2.40. The molecular weight excluding hydrogens is 270 g/mol. The van der Waals surface area contributed by atoms with Crippen molar-refractivity contribution in [2.24, 2.45) is 5.92 Å². The summed E-state index contributed by atoms with van der Waals surface area (Å²) in [5.41, 5.74) is 0.851. The van der Waals surface area contributed by atoms with Crippen LogP contribution >= 0.6 is 0 Å². The minimum atomic E-state index is -0.201. The van der Waals surface area contributed by atoms with Crippen LogP contribution in [0.5, 0.6) is 0 Å². The number of hydrogen-bond donors (Lipinski definition) is 1. The largest absolute Gasteiger partial charge is 0.378 e. The van der Waals surface area contributed by atoms with Gasteiger partial charge in [0.25, 0.3) is 11.8 Å². The number of morpholine rings is 1. The molecular formula is C15H21N3O3. The van der Waals surface area contributed by atoms with E-state index < -0.39 is 0 Å². The highest BCUT2D eigenvalue weighted by Gasteiger charge is 2.19. The molecule has 21 heavy (non-hydrogen) atoms. The van der Waals surface area contributed by atoms with Gasteiger partial charge in [-0.05, 0) is 12.0 Å². The van der Waals surface area contributed by atoms with E-state index in [0.717, 1.165) is 0 Å². The Labute approximate surface area is 124 Å². The molecule has 0 spiro atoms. The smallest absolute Gasteiger partial charge is 0.255 e. The Morgan fingerprint density at radius 3 is 2.62 bits per heavy atom. The van der Waals surface area contributed by atoms with E-state index in [4.69, 9.17) is 4.74 Å². The molecule has 6 nitrogen and oxygen atoms in total. The summed E-state index contributed by atoms with van der Waals surface area (Å²) < 4.78 is 5.23. The van der Waals surface area contributed by atoms with E-state index in [1.807, 2.05) is 13.8 Å². The van der Waals surface area contributed by atoms with Gasteiger partial charge in [0, 0.05) is 32.0 Å². The Hall–Kier alpha value is -1.95. The fourth-order valence-electron chi connectivity index (χ4n) is 2.03. The third-order valence-electron chi connectivity index (χ3n) is 3.22. The molecule has 2 amide bonds. The second kappa shape index (κ2) is 7.17. The van der Waals surface area contributed by atoms with Gasteiger partial charge < -0.3 is 15.0 Å². The monoisotopic (exact) mass is 291 g/mol. The maximum atomic E-state index is 12.3. The lowest BCUT2D eigenvalue weighted by atomic mass is 10.1. The van der Waals surface area contributed by atoms with E-state index in [9.17, 15) is 9.59 Å². The fraction of sp³-hybridized carbons (Fsp3) is 0.533. The van der Waals surface area contributed by atoms with Crippen molar-refractivity contribution in [2.75, 3.05) is 32.8 Å². The standard InChI is InChI=1S/C15H21N3O3/c1-11(2)8-17-14(19)12-7-13(10-16-9-12)15(20)18-3-5-21-6-4-18/h7,9-11H,3-6,8H2,1-2H3,(H,17,19). The van der Waals surface area contributed by atoms with Crippen molar-refractivity contribution in [3.63, 3.8) is 0 Å². The third kappa shape index (κ3) is 4.26. The molecule has 0 unspecified atom stereocenters. The van der Waals surface area contributed by atoms with Gasteiger partial charge in [0.1, 0.15) is 0 Å². The molecule has 0 bridgehead atoms. The van der Waals surface area contributed by atoms with Crippen LogP contribution in [-0.2, 0) is 4.74 Å². The highest BCUT2D eigenvalue weighted by atomic mass is 16.5. The van der Waals surface area contributed by atoms with Gasteiger partial charge in [-0.3, -0.25) is 14.6 Å². The molecule has 0 atom stereocenters. The number of hydrogen-bond acceptors (Lipinski definition) is 4. The molecule has 0 saturated carbocycles. The predicted octanol–water partition coefficient (Wildman–Crippen LogP) is 0.940. The van der Waals surface area contributed by atoms with E-state index in [2.05, 4.69) is 10.3 Å². The molecule has 0 aromatic carbocycles. The molecule has 1 aromatic rings.